The van der Waals surface area contributed by atoms with E-state index in [1.807, 2.05) is 0 Å². The largest absolute Gasteiger partial charge is 0.353 e. The van der Waals surface area contributed by atoms with E-state index < -0.39 is 0 Å². The van der Waals surface area contributed by atoms with Crippen molar-refractivity contribution in [2.45, 2.75) is 50.6 Å². The standard InChI is InChI=1S/C10H18N2O/c11-8-4-5-9(6-8)12-10(13)7-2-1-3-7/h7-9H,1-6,11H2,(H,12,13). The molecule has 0 radical (unpaired) electrons. The van der Waals surface area contributed by atoms with Crippen molar-refractivity contribution in [2.24, 2.45) is 11.7 Å². The first-order valence-electron chi connectivity index (χ1n) is 5.31. The summed E-state index contributed by atoms with van der Waals surface area (Å²) in [6, 6.07) is 0.676. The predicted octanol–water partition coefficient (Wildman–Crippen LogP) is 0.782. The van der Waals surface area contributed by atoms with Crippen molar-refractivity contribution in [2.75, 3.05) is 0 Å². The van der Waals surface area contributed by atoms with Crippen molar-refractivity contribution in [3.63, 3.8) is 0 Å². The molecule has 2 atom stereocenters. The summed E-state index contributed by atoms with van der Waals surface area (Å²) in [6.07, 6.45) is 6.51. The highest BCUT2D eigenvalue weighted by Gasteiger charge is 2.29. The number of rotatable bonds is 2. The lowest BCUT2D eigenvalue weighted by molar-refractivity contribution is -0.128. The van der Waals surface area contributed by atoms with E-state index in [1.54, 1.807) is 0 Å². The third-order valence-corrected chi connectivity index (χ3v) is 3.30. The maximum atomic E-state index is 11.5. The Morgan fingerprint density at radius 3 is 2.46 bits per heavy atom. The Labute approximate surface area is 79.1 Å². The van der Waals surface area contributed by atoms with Crippen LogP contribution in [-0.2, 0) is 4.79 Å². The average Bonchev–Trinajstić information content (AvgIpc) is 2.31. The van der Waals surface area contributed by atoms with Gasteiger partial charge in [-0.15, -0.1) is 0 Å². The molecule has 0 aromatic rings. The van der Waals surface area contributed by atoms with Crippen molar-refractivity contribution in [1.29, 1.82) is 0 Å². The molecule has 0 aliphatic heterocycles. The quantitative estimate of drug-likeness (QED) is 0.663. The fourth-order valence-corrected chi connectivity index (χ4v) is 2.14. The molecular formula is C10H18N2O. The van der Waals surface area contributed by atoms with Gasteiger partial charge in [0.2, 0.25) is 5.91 Å². The molecule has 2 fully saturated rings. The summed E-state index contributed by atoms with van der Waals surface area (Å²) >= 11 is 0. The maximum absolute atomic E-state index is 11.5. The third kappa shape index (κ3) is 2.02. The van der Waals surface area contributed by atoms with Crippen LogP contribution >= 0.6 is 0 Å². The van der Waals surface area contributed by atoms with Gasteiger partial charge in [-0.05, 0) is 32.1 Å². The minimum absolute atomic E-state index is 0.269. The van der Waals surface area contributed by atoms with E-state index in [1.165, 1.54) is 6.42 Å². The zero-order chi connectivity index (χ0) is 9.26. The van der Waals surface area contributed by atoms with Gasteiger partial charge in [0, 0.05) is 18.0 Å². The molecule has 0 aromatic carbocycles. The van der Waals surface area contributed by atoms with E-state index in [9.17, 15) is 4.79 Å². The first-order valence-corrected chi connectivity index (χ1v) is 5.31. The van der Waals surface area contributed by atoms with Crippen LogP contribution in [0, 0.1) is 5.92 Å². The van der Waals surface area contributed by atoms with Gasteiger partial charge >= 0.3 is 0 Å². The molecule has 2 aliphatic carbocycles. The second-order valence-electron chi connectivity index (χ2n) is 4.41. The summed E-state index contributed by atoms with van der Waals surface area (Å²) in [7, 11) is 0. The van der Waals surface area contributed by atoms with Crippen LogP contribution in [0.25, 0.3) is 0 Å². The van der Waals surface area contributed by atoms with E-state index in [0.29, 0.717) is 18.0 Å². The number of hydrogen-bond donors (Lipinski definition) is 2. The molecule has 2 unspecified atom stereocenters. The van der Waals surface area contributed by atoms with E-state index in [-0.39, 0.29) is 5.91 Å². The molecule has 0 heterocycles. The van der Waals surface area contributed by atoms with Gasteiger partial charge in [0.25, 0.3) is 0 Å². The van der Waals surface area contributed by atoms with Gasteiger partial charge in [0.1, 0.15) is 0 Å². The smallest absolute Gasteiger partial charge is 0.223 e. The molecule has 3 heteroatoms. The Balaban J connectivity index is 1.74. The van der Waals surface area contributed by atoms with Crippen LogP contribution in [-0.4, -0.2) is 18.0 Å². The Morgan fingerprint density at radius 1 is 1.23 bits per heavy atom. The van der Waals surface area contributed by atoms with Crippen LogP contribution < -0.4 is 11.1 Å². The molecule has 1 amide bonds. The number of carbonyl (C=O) groups excluding carboxylic acids is 1. The molecule has 2 aliphatic rings. The summed E-state index contributed by atoms with van der Waals surface area (Å²) in [5, 5.41) is 3.09. The van der Waals surface area contributed by atoms with Gasteiger partial charge in [-0.25, -0.2) is 0 Å². The topological polar surface area (TPSA) is 55.1 Å². The molecule has 0 spiro atoms. The van der Waals surface area contributed by atoms with Crippen LogP contribution in [0.4, 0.5) is 0 Å². The van der Waals surface area contributed by atoms with E-state index in [2.05, 4.69) is 5.32 Å². The molecular weight excluding hydrogens is 164 g/mol. The van der Waals surface area contributed by atoms with Crippen molar-refractivity contribution in [3.8, 4) is 0 Å². The molecule has 74 valence electrons. The molecule has 0 aromatic heterocycles. The number of nitrogens with one attached hydrogen (secondary N) is 1. The van der Waals surface area contributed by atoms with Crippen molar-refractivity contribution >= 4 is 5.91 Å². The van der Waals surface area contributed by atoms with Gasteiger partial charge < -0.3 is 11.1 Å². The number of nitrogens with two attached hydrogens (primary N) is 1. The van der Waals surface area contributed by atoms with Gasteiger partial charge in [-0.2, -0.15) is 0 Å². The average molecular weight is 182 g/mol. The summed E-state index contributed by atoms with van der Waals surface area (Å²) in [6.45, 7) is 0. The summed E-state index contributed by atoms with van der Waals surface area (Å²) < 4.78 is 0. The maximum Gasteiger partial charge on any atom is 0.223 e. The summed E-state index contributed by atoms with van der Waals surface area (Å²) in [5.41, 5.74) is 5.77. The second-order valence-corrected chi connectivity index (χ2v) is 4.41. The van der Waals surface area contributed by atoms with Gasteiger partial charge in [0.15, 0.2) is 0 Å². The Morgan fingerprint density at radius 2 is 2.00 bits per heavy atom. The summed E-state index contributed by atoms with van der Waals surface area (Å²) in [4.78, 5) is 11.5. The predicted molar refractivity (Wildman–Crippen MR) is 51.1 cm³/mol. The molecule has 13 heavy (non-hydrogen) atoms. The van der Waals surface area contributed by atoms with Gasteiger partial charge in [0.05, 0.1) is 0 Å². The molecule has 0 bridgehead atoms. The van der Waals surface area contributed by atoms with Crippen LogP contribution in [0.15, 0.2) is 0 Å². The normalized spacial score (nSPS) is 34.2. The number of hydrogen-bond acceptors (Lipinski definition) is 2. The lowest BCUT2D eigenvalue weighted by Crippen LogP contribution is -2.40. The highest BCUT2D eigenvalue weighted by molar-refractivity contribution is 5.79. The first-order chi connectivity index (χ1) is 6.25. The SMILES string of the molecule is NC1CCC(NC(=O)C2CCC2)C1. The minimum atomic E-state index is 0.269. The Hall–Kier alpha value is -0.570. The van der Waals surface area contributed by atoms with Crippen LogP contribution in [0.5, 0.6) is 0 Å². The lowest BCUT2D eigenvalue weighted by atomic mass is 9.84. The second kappa shape index (κ2) is 3.66. The zero-order valence-corrected chi connectivity index (χ0v) is 7.96. The van der Waals surface area contributed by atoms with Crippen LogP contribution in [0.3, 0.4) is 0 Å². The molecule has 2 saturated carbocycles. The molecule has 0 saturated heterocycles. The van der Waals surface area contributed by atoms with Crippen LogP contribution in [0.1, 0.15) is 38.5 Å². The minimum Gasteiger partial charge on any atom is -0.353 e. The zero-order valence-electron chi connectivity index (χ0n) is 7.96. The van der Waals surface area contributed by atoms with Crippen molar-refractivity contribution in [1.82, 2.24) is 5.32 Å². The van der Waals surface area contributed by atoms with Crippen molar-refractivity contribution in [3.05, 3.63) is 0 Å². The van der Waals surface area contributed by atoms with E-state index in [0.717, 1.165) is 32.1 Å². The lowest BCUT2D eigenvalue weighted by Gasteiger charge is -2.26. The molecule has 2 rings (SSSR count). The van der Waals surface area contributed by atoms with Gasteiger partial charge in [-0.3, -0.25) is 4.79 Å². The van der Waals surface area contributed by atoms with E-state index >= 15 is 0 Å². The van der Waals surface area contributed by atoms with Crippen molar-refractivity contribution < 1.29 is 4.79 Å². The van der Waals surface area contributed by atoms with Crippen LogP contribution in [0.2, 0.25) is 0 Å². The Kier molecular flexibility index (Phi) is 2.54. The monoisotopic (exact) mass is 182 g/mol. The molecule has 3 nitrogen and oxygen atoms in total. The summed E-state index contributed by atoms with van der Waals surface area (Å²) in [5.74, 6) is 0.585. The fraction of sp³-hybridized carbons (Fsp3) is 0.900. The van der Waals surface area contributed by atoms with E-state index in [4.69, 9.17) is 5.73 Å². The molecule has 3 N–H and O–H groups in total. The fourth-order valence-electron chi connectivity index (χ4n) is 2.14. The Bertz CT molecular complexity index is 201. The third-order valence-electron chi connectivity index (χ3n) is 3.30. The highest BCUT2D eigenvalue weighted by Crippen LogP contribution is 2.27. The van der Waals surface area contributed by atoms with Gasteiger partial charge in [-0.1, -0.05) is 6.42 Å². The highest BCUT2D eigenvalue weighted by atomic mass is 16.2. The number of amides is 1. The number of carbonyl (C=O) groups is 1. The first kappa shape index (κ1) is 9.00.